The van der Waals surface area contributed by atoms with Crippen LogP contribution >= 0.6 is 0 Å². The van der Waals surface area contributed by atoms with Crippen LogP contribution in [0.2, 0.25) is 0 Å². The molecule has 1 saturated heterocycles. The lowest BCUT2D eigenvalue weighted by Gasteiger charge is -2.36. The number of anilines is 1. The SMILES string of the molecule is C=CS(=O)(=O)N1CCN(c2c(C)cccc2C)CC1. The number of hydrogen-bond acceptors (Lipinski definition) is 3. The first-order valence-corrected chi connectivity index (χ1v) is 7.90. The van der Waals surface area contributed by atoms with E-state index >= 15 is 0 Å². The second kappa shape index (κ2) is 5.35. The summed E-state index contributed by atoms with van der Waals surface area (Å²) >= 11 is 0. The van der Waals surface area contributed by atoms with Gasteiger partial charge in [-0.1, -0.05) is 24.8 Å². The second-order valence-electron chi connectivity index (χ2n) is 4.84. The molecule has 0 saturated carbocycles. The highest BCUT2D eigenvalue weighted by molar-refractivity contribution is 7.92. The maximum atomic E-state index is 11.7. The van der Waals surface area contributed by atoms with Gasteiger partial charge < -0.3 is 4.90 Å². The van der Waals surface area contributed by atoms with E-state index in [1.165, 1.54) is 21.1 Å². The third kappa shape index (κ3) is 2.82. The van der Waals surface area contributed by atoms with Gasteiger partial charge in [0, 0.05) is 37.3 Å². The summed E-state index contributed by atoms with van der Waals surface area (Å²) in [6.45, 7) is 10.0. The average Bonchev–Trinajstić information content (AvgIpc) is 2.39. The topological polar surface area (TPSA) is 40.6 Å². The summed E-state index contributed by atoms with van der Waals surface area (Å²) in [5.74, 6) is 0. The summed E-state index contributed by atoms with van der Waals surface area (Å²) in [6, 6.07) is 6.23. The normalized spacial score (nSPS) is 17.5. The lowest BCUT2D eigenvalue weighted by molar-refractivity contribution is 0.389. The van der Waals surface area contributed by atoms with Crippen molar-refractivity contribution in [2.45, 2.75) is 13.8 Å². The number of rotatable bonds is 3. The van der Waals surface area contributed by atoms with Crippen LogP contribution in [0.4, 0.5) is 5.69 Å². The van der Waals surface area contributed by atoms with Crippen molar-refractivity contribution >= 4 is 15.7 Å². The van der Waals surface area contributed by atoms with Crippen LogP contribution in [0.15, 0.2) is 30.2 Å². The summed E-state index contributed by atoms with van der Waals surface area (Å²) < 4.78 is 24.9. The molecular formula is C14H20N2O2S. The van der Waals surface area contributed by atoms with E-state index < -0.39 is 10.0 Å². The molecule has 19 heavy (non-hydrogen) atoms. The molecule has 2 rings (SSSR count). The molecule has 1 aromatic rings. The molecule has 1 aromatic carbocycles. The minimum absolute atomic E-state index is 0.516. The highest BCUT2D eigenvalue weighted by Gasteiger charge is 2.25. The van der Waals surface area contributed by atoms with Crippen molar-refractivity contribution in [1.82, 2.24) is 4.31 Å². The van der Waals surface area contributed by atoms with Crippen molar-refractivity contribution in [1.29, 1.82) is 0 Å². The number of nitrogens with zero attached hydrogens (tertiary/aromatic N) is 2. The van der Waals surface area contributed by atoms with Crippen LogP contribution in [-0.2, 0) is 10.0 Å². The van der Waals surface area contributed by atoms with E-state index in [1.807, 2.05) is 6.07 Å². The number of para-hydroxylation sites is 1. The molecule has 5 heteroatoms. The predicted molar refractivity (Wildman–Crippen MR) is 78.8 cm³/mol. The van der Waals surface area contributed by atoms with Gasteiger partial charge in [0.15, 0.2) is 0 Å². The highest BCUT2D eigenvalue weighted by atomic mass is 32.2. The van der Waals surface area contributed by atoms with Gasteiger partial charge >= 0.3 is 0 Å². The van der Waals surface area contributed by atoms with E-state index in [2.05, 4.69) is 37.5 Å². The second-order valence-corrected chi connectivity index (χ2v) is 6.72. The van der Waals surface area contributed by atoms with Crippen molar-refractivity contribution in [3.05, 3.63) is 41.3 Å². The summed E-state index contributed by atoms with van der Waals surface area (Å²) in [4.78, 5) is 2.26. The molecule has 0 bridgehead atoms. The van der Waals surface area contributed by atoms with E-state index in [1.54, 1.807) is 0 Å². The Balaban J connectivity index is 2.15. The van der Waals surface area contributed by atoms with Crippen LogP contribution in [-0.4, -0.2) is 38.9 Å². The Labute approximate surface area is 115 Å². The van der Waals surface area contributed by atoms with Crippen LogP contribution in [0.3, 0.4) is 0 Å². The van der Waals surface area contributed by atoms with Gasteiger partial charge in [0.1, 0.15) is 0 Å². The minimum Gasteiger partial charge on any atom is -0.368 e. The highest BCUT2D eigenvalue weighted by Crippen LogP contribution is 2.26. The fourth-order valence-corrected chi connectivity index (χ4v) is 3.46. The zero-order valence-corrected chi connectivity index (χ0v) is 12.3. The standard InChI is InChI=1S/C14H20N2O2S/c1-4-19(17,18)16-10-8-15(9-11-16)14-12(2)6-5-7-13(14)3/h4-7H,1,8-11H2,2-3H3. The van der Waals surface area contributed by atoms with Crippen LogP contribution < -0.4 is 4.90 Å². The Morgan fingerprint density at radius 1 is 1.11 bits per heavy atom. The Kier molecular flexibility index (Phi) is 3.96. The first-order chi connectivity index (χ1) is 8.95. The quantitative estimate of drug-likeness (QED) is 0.849. The summed E-state index contributed by atoms with van der Waals surface area (Å²) in [7, 11) is -3.28. The van der Waals surface area contributed by atoms with Crippen molar-refractivity contribution in [2.24, 2.45) is 0 Å². The van der Waals surface area contributed by atoms with Crippen LogP contribution in [0.5, 0.6) is 0 Å². The molecule has 104 valence electrons. The van der Waals surface area contributed by atoms with Crippen molar-refractivity contribution < 1.29 is 8.42 Å². The minimum atomic E-state index is -3.28. The van der Waals surface area contributed by atoms with E-state index in [-0.39, 0.29) is 0 Å². The summed E-state index contributed by atoms with van der Waals surface area (Å²) in [5.41, 5.74) is 3.71. The molecule has 0 amide bonds. The Hall–Kier alpha value is -1.33. The number of hydrogen-bond donors (Lipinski definition) is 0. The van der Waals surface area contributed by atoms with Gasteiger partial charge in [0.25, 0.3) is 0 Å². The van der Waals surface area contributed by atoms with Crippen LogP contribution in [0, 0.1) is 13.8 Å². The summed E-state index contributed by atoms with van der Waals surface area (Å²) in [6.07, 6.45) is 0. The van der Waals surface area contributed by atoms with Gasteiger partial charge in [0.05, 0.1) is 0 Å². The zero-order chi connectivity index (χ0) is 14.0. The average molecular weight is 280 g/mol. The smallest absolute Gasteiger partial charge is 0.235 e. The number of piperazine rings is 1. The molecule has 0 radical (unpaired) electrons. The molecule has 0 N–H and O–H groups in total. The molecule has 0 aliphatic carbocycles. The van der Waals surface area contributed by atoms with E-state index in [0.717, 1.165) is 18.5 Å². The van der Waals surface area contributed by atoms with Gasteiger partial charge in [-0.25, -0.2) is 8.42 Å². The van der Waals surface area contributed by atoms with E-state index in [0.29, 0.717) is 13.1 Å². The molecule has 0 spiro atoms. The first kappa shape index (κ1) is 14.1. The third-order valence-corrected chi connectivity index (χ3v) is 5.07. The lowest BCUT2D eigenvalue weighted by Crippen LogP contribution is -2.48. The number of benzene rings is 1. The van der Waals surface area contributed by atoms with Gasteiger partial charge in [-0.3, -0.25) is 0 Å². The zero-order valence-electron chi connectivity index (χ0n) is 11.5. The van der Waals surface area contributed by atoms with Crippen molar-refractivity contribution in [2.75, 3.05) is 31.1 Å². The summed E-state index contributed by atoms with van der Waals surface area (Å²) in [5, 5.41) is 1.03. The third-order valence-electron chi connectivity index (χ3n) is 3.56. The number of aryl methyl sites for hydroxylation is 2. The predicted octanol–water partition coefficient (Wildman–Crippen LogP) is 1.90. The fraction of sp³-hybridized carbons (Fsp3) is 0.429. The molecule has 0 unspecified atom stereocenters. The van der Waals surface area contributed by atoms with Gasteiger partial charge in [-0.15, -0.1) is 0 Å². The monoisotopic (exact) mass is 280 g/mol. The maximum absolute atomic E-state index is 11.7. The van der Waals surface area contributed by atoms with Crippen molar-refractivity contribution in [3.8, 4) is 0 Å². The van der Waals surface area contributed by atoms with E-state index in [9.17, 15) is 8.42 Å². The largest absolute Gasteiger partial charge is 0.368 e. The fourth-order valence-electron chi connectivity index (χ4n) is 2.58. The molecule has 1 fully saturated rings. The van der Waals surface area contributed by atoms with Gasteiger partial charge in [0.2, 0.25) is 10.0 Å². The van der Waals surface area contributed by atoms with Crippen LogP contribution in [0.25, 0.3) is 0 Å². The van der Waals surface area contributed by atoms with Gasteiger partial charge in [-0.2, -0.15) is 4.31 Å². The molecule has 1 heterocycles. The molecule has 0 aromatic heterocycles. The number of sulfonamides is 1. The lowest BCUT2D eigenvalue weighted by atomic mass is 10.1. The molecule has 4 nitrogen and oxygen atoms in total. The molecule has 1 aliphatic rings. The van der Waals surface area contributed by atoms with Crippen molar-refractivity contribution in [3.63, 3.8) is 0 Å². The Bertz CT molecular complexity index is 553. The molecule has 1 aliphatic heterocycles. The Morgan fingerprint density at radius 3 is 2.11 bits per heavy atom. The maximum Gasteiger partial charge on any atom is 0.235 e. The first-order valence-electron chi connectivity index (χ1n) is 6.39. The molecular weight excluding hydrogens is 260 g/mol. The van der Waals surface area contributed by atoms with Crippen LogP contribution in [0.1, 0.15) is 11.1 Å². The Morgan fingerprint density at radius 2 is 1.63 bits per heavy atom. The molecule has 0 atom stereocenters. The van der Waals surface area contributed by atoms with E-state index in [4.69, 9.17) is 0 Å². The van der Waals surface area contributed by atoms with Gasteiger partial charge in [-0.05, 0) is 25.0 Å².